The van der Waals surface area contributed by atoms with Crippen molar-refractivity contribution >= 4 is 12.4 Å². The molecule has 0 saturated heterocycles. The average molecular weight is 269 g/mol. The summed E-state index contributed by atoms with van der Waals surface area (Å²) in [6.07, 6.45) is 0.891. The summed E-state index contributed by atoms with van der Waals surface area (Å²) in [6, 6.07) is 9.16. The quantitative estimate of drug-likeness (QED) is 0.861. The van der Waals surface area contributed by atoms with Crippen LogP contribution in [0.25, 0.3) is 0 Å². The Morgan fingerprint density at radius 1 is 1.28 bits per heavy atom. The molecule has 3 N–H and O–H groups in total. The van der Waals surface area contributed by atoms with E-state index in [0.29, 0.717) is 17.9 Å². The highest BCUT2D eigenvalue weighted by Gasteiger charge is 2.16. The van der Waals surface area contributed by atoms with Crippen LogP contribution in [0.15, 0.2) is 24.3 Å². The molecule has 2 atom stereocenters. The number of nitrogens with two attached hydrogens (primary N) is 1. The molecule has 4 heteroatoms. The van der Waals surface area contributed by atoms with Gasteiger partial charge in [-0.2, -0.15) is 5.26 Å². The first kappa shape index (κ1) is 16.9. The van der Waals surface area contributed by atoms with Crippen molar-refractivity contribution < 1.29 is 5.11 Å². The number of rotatable bonds is 5. The molecule has 0 bridgehead atoms. The maximum atomic E-state index is 9.87. The molecule has 0 aliphatic carbocycles. The van der Waals surface area contributed by atoms with Gasteiger partial charge in [-0.15, -0.1) is 12.4 Å². The van der Waals surface area contributed by atoms with Crippen LogP contribution in [0.5, 0.6) is 0 Å². The van der Waals surface area contributed by atoms with Gasteiger partial charge < -0.3 is 10.8 Å². The molecule has 100 valence electrons. The molecule has 0 aliphatic rings. The van der Waals surface area contributed by atoms with Crippen molar-refractivity contribution in [1.29, 1.82) is 5.26 Å². The maximum Gasteiger partial charge on any atom is 0.0991 e. The molecule has 0 aromatic heterocycles. The summed E-state index contributed by atoms with van der Waals surface area (Å²) < 4.78 is 0. The summed E-state index contributed by atoms with van der Waals surface area (Å²) >= 11 is 0. The third kappa shape index (κ3) is 5.50. The van der Waals surface area contributed by atoms with Crippen LogP contribution in [0.1, 0.15) is 31.4 Å². The summed E-state index contributed by atoms with van der Waals surface area (Å²) in [5.41, 5.74) is 7.65. The summed E-state index contributed by atoms with van der Waals surface area (Å²) in [7, 11) is 0. The van der Waals surface area contributed by atoms with E-state index in [9.17, 15) is 5.11 Å². The zero-order chi connectivity index (χ0) is 12.8. The average Bonchev–Trinajstić information content (AvgIpc) is 2.29. The van der Waals surface area contributed by atoms with Crippen LogP contribution in [0, 0.1) is 17.2 Å². The maximum absolute atomic E-state index is 9.87. The van der Waals surface area contributed by atoms with Crippen molar-refractivity contribution in [3.8, 4) is 6.07 Å². The van der Waals surface area contributed by atoms with Crippen molar-refractivity contribution in [2.75, 3.05) is 0 Å². The molecule has 0 fully saturated rings. The minimum Gasteiger partial charge on any atom is -0.391 e. The topological polar surface area (TPSA) is 70.0 Å². The zero-order valence-corrected chi connectivity index (χ0v) is 11.7. The highest BCUT2D eigenvalue weighted by atomic mass is 35.5. The summed E-state index contributed by atoms with van der Waals surface area (Å²) in [5.74, 6) is 0.442. The first-order chi connectivity index (χ1) is 8.02. The first-order valence-electron chi connectivity index (χ1n) is 5.95. The molecule has 0 aliphatic heterocycles. The van der Waals surface area contributed by atoms with Crippen LogP contribution in [0.4, 0.5) is 0 Å². The highest BCUT2D eigenvalue weighted by molar-refractivity contribution is 5.85. The number of hydrogen-bond acceptors (Lipinski definition) is 3. The Bertz CT molecular complexity index is 384. The van der Waals surface area contributed by atoms with E-state index < -0.39 is 6.10 Å². The molecule has 0 amide bonds. The SMILES string of the molecule is CC(C)C[C@H](O)[C@H](N)Cc1ccc(C#N)cc1.Cl. The number of nitriles is 1. The molecule has 0 saturated carbocycles. The van der Waals surface area contributed by atoms with Gasteiger partial charge in [-0.3, -0.25) is 0 Å². The molecule has 0 unspecified atom stereocenters. The van der Waals surface area contributed by atoms with Crippen molar-refractivity contribution in [3.05, 3.63) is 35.4 Å². The van der Waals surface area contributed by atoms with Crippen LogP contribution in [-0.2, 0) is 6.42 Å². The molecular formula is C14H21ClN2O. The molecule has 3 nitrogen and oxygen atoms in total. The molecule has 1 rings (SSSR count). The Balaban J connectivity index is 0.00000289. The van der Waals surface area contributed by atoms with Crippen LogP contribution in [-0.4, -0.2) is 17.3 Å². The fourth-order valence-corrected chi connectivity index (χ4v) is 1.78. The number of halogens is 1. The fourth-order valence-electron chi connectivity index (χ4n) is 1.78. The van der Waals surface area contributed by atoms with Crippen LogP contribution in [0.2, 0.25) is 0 Å². The second-order valence-electron chi connectivity index (χ2n) is 4.87. The zero-order valence-electron chi connectivity index (χ0n) is 10.8. The third-order valence-corrected chi connectivity index (χ3v) is 2.76. The number of hydrogen-bond donors (Lipinski definition) is 2. The standard InChI is InChI=1S/C14H20N2O.ClH/c1-10(2)7-14(17)13(16)8-11-3-5-12(9-15)6-4-11;/h3-6,10,13-14,17H,7-8,16H2,1-2H3;1H/t13-,14+;/m1./s1. The van der Waals surface area contributed by atoms with Crippen molar-refractivity contribution in [2.45, 2.75) is 38.8 Å². The minimum atomic E-state index is -0.467. The van der Waals surface area contributed by atoms with Crippen LogP contribution in [0.3, 0.4) is 0 Å². The lowest BCUT2D eigenvalue weighted by Gasteiger charge is -2.20. The van der Waals surface area contributed by atoms with Gasteiger partial charge in [-0.1, -0.05) is 26.0 Å². The molecular weight excluding hydrogens is 248 g/mol. The number of benzene rings is 1. The van der Waals surface area contributed by atoms with Gasteiger partial charge >= 0.3 is 0 Å². The Morgan fingerprint density at radius 3 is 2.28 bits per heavy atom. The van der Waals surface area contributed by atoms with E-state index in [0.717, 1.165) is 12.0 Å². The van der Waals surface area contributed by atoms with E-state index in [2.05, 4.69) is 19.9 Å². The van der Waals surface area contributed by atoms with Gasteiger partial charge in [0.15, 0.2) is 0 Å². The Morgan fingerprint density at radius 2 is 1.83 bits per heavy atom. The van der Waals surface area contributed by atoms with E-state index in [1.54, 1.807) is 12.1 Å². The van der Waals surface area contributed by atoms with Crippen LogP contribution < -0.4 is 5.73 Å². The molecule has 1 aromatic rings. The van der Waals surface area contributed by atoms with E-state index in [1.165, 1.54) is 0 Å². The fraction of sp³-hybridized carbons (Fsp3) is 0.500. The molecule has 0 heterocycles. The molecule has 0 radical (unpaired) electrons. The van der Waals surface area contributed by atoms with E-state index in [-0.39, 0.29) is 18.4 Å². The predicted molar refractivity (Wildman–Crippen MR) is 75.5 cm³/mol. The van der Waals surface area contributed by atoms with E-state index >= 15 is 0 Å². The van der Waals surface area contributed by atoms with Gasteiger partial charge in [0, 0.05) is 6.04 Å². The largest absolute Gasteiger partial charge is 0.391 e. The van der Waals surface area contributed by atoms with Gasteiger partial charge in [0.1, 0.15) is 0 Å². The first-order valence-corrected chi connectivity index (χ1v) is 5.95. The van der Waals surface area contributed by atoms with E-state index in [1.807, 2.05) is 12.1 Å². The summed E-state index contributed by atoms with van der Waals surface area (Å²) in [4.78, 5) is 0. The minimum absolute atomic E-state index is 0. The molecule has 1 aromatic carbocycles. The predicted octanol–water partition coefficient (Wildman–Crippen LogP) is 2.26. The normalized spacial score (nSPS) is 13.6. The number of aliphatic hydroxyl groups is 1. The van der Waals surface area contributed by atoms with Crippen molar-refractivity contribution in [2.24, 2.45) is 11.7 Å². The Kier molecular flexibility index (Phi) is 7.61. The second-order valence-corrected chi connectivity index (χ2v) is 4.87. The van der Waals surface area contributed by atoms with E-state index in [4.69, 9.17) is 11.0 Å². The lowest BCUT2D eigenvalue weighted by Crippen LogP contribution is -2.37. The lowest BCUT2D eigenvalue weighted by atomic mass is 9.95. The second kappa shape index (κ2) is 8.10. The smallest absolute Gasteiger partial charge is 0.0991 e. The number of aliphatic hydroxyl groups excluding tert-OH is 1. The van der Waals surface area contributed by atoms with Crippen molar-refractivity contribution in [1.82, 2.24) is 0 Å². The monoisotopic (exact) mass is 268 g/mol. The highest BCUT2D eigenvalue weighted by Crippen LogP contribution is 2.12. The van der Waals surface area contributed by atoms with Crippen molar-refractivity contribution in [3.63, 3.8) is 0 Å². The summed E-state index contributed by atoms with van der Waals surface area (Å²) in [5, 5.41) is 18.6. The summed E-state index contributed by atoms with van der Waals surface area (Å²) in [6.45, 7) is 4.13. The molecule has 18 heavy (non-hydrogen) atoms. The molecule has 0 spiro atoms. The van der Waals surface area contributed by atoms with Gasteiger partial charge in [0.05, 0.1) is 17.7 Å². The van der Waals surface area contributed by atoms with Gasteiger partial charge in [0.25, 0.3) is 0 Å². The van der Waals surface area contributed by atoms with Gasteiger partial charge in [0.2, 0.25) is 0 Å². The van der Waals surface area contributed by atoms with Gasteiger partial charge in [-0.25, -0.2) is 0 Å². The third-order valence-electron chi connectivity index (χ3n) is 2.76. The van der Waals surface area contributed by atoms with Crippen LogP contribution >= 0.6 is 12.4 Å². The Labute approximate surface area is 115 Å². The Hall–Kier alpha value is -1.08. The number of nitrogens with zero attached hydrogens (tertiary/aromatic N) is 1. The van der Waals surface area contributed by atoms with Gasteiger partial charge in [-0.05, 0) is 36.5 Å². The lowest BCUT2D eigenvalue weighted by molar-refractivity contribution is 0.120.